The van der Waals surface area contributed by atoms with E-state index in [1.165, 1.54) is 6.07 Å². The average Bonchev–Trinajstić information content (AvgIpc) is 2.30. The van der Waals surface area contributed by atoms with Gasteiger partial charge in [-0.3, -0.25) is 4.90 Å². The van der Waals surface area contributed by atoms with Gasteiger partial charge >= 0.3 is 0 Å². The SMILES string of the molecule is CC1(C)CN(Cc2ccc(F)c(C(N)=S)c2)CCS1. The van der Waals surface area contributed by atoms with Gasteiger partial charge in [-0.05, 0) is 31.5 Å². The third kappa shape index (κ3) is 3.91. The lowest BCUT2D eigenvalue weighted by Gasteiger charge is -2.37. The van der Waals surface area contributed by atoms with Gasteiger partial charge in [-0.1, -0.05) is 18.3 Å². The van der Waals surface area contributed by atoms with E-state index in [-0.39, 0.29) is 15.6 Å². The van der Waals surface area contributed by atoms with Crippen molar-refractivity contribution in [3.8, 4) is 0 Å². The van der Waals surface area contributed by atoms with E-state index in [0.717, 1.165) is 31.0 Å². The van der Waals surface area contributed by atoms with Crippen LogP contribution in [0, 0.1) is 5.82 Å². The van der Waals surface area contributed by atoms with Crippen molar-refractivity contribution in [3.05, 3.63) is 35.1 Å². The van der Waals surface area contributed by atoms with Gasteiger partial charge in [-0.2, -0.15) is 11.8 Å². The molecule has 0 aliphatic carbocycles. The van der Waals surface area contributed by atoms with Crippen LogP contribution in [0.1, 0.15) is 25.0 Å². The zero-order valence-corrected chi connectivity index (χ0v) is 12.9. The molecule has 2 N–H and O–H groups in total. The molecule has 0 unspecified atom stereocenters. The topological polar surface area (TPSA) is 29.3 Å². The first-order valence-corrected chi connectivity index (χ1v) is 7.71. The van der Waals surface area contributed by atoms with Crippen LogP contribution in [0.5, 0.6) is 0 Å². The van der Waals surface area contributed by atoms with Crippen molar-refractivity contribution in [1.82, 2.24) is 4.90 Å². The molecule has 0 bridgehead atoms. The highest BCUT2D eigenvalue weighted by Crippen LogP contribution is 2.30. The zero-order valence-electron chi connectivity index (χ0n) is 11.3. The molecule has 1 aromatic carbocycles. The Morgan fingerprint density at radius 1 is 1.53 bits per heavy atom. The van der Waals surface area contributed by atoms with Gasteiger partial charge in [0.25, 0.3) is 0 Å². The van der Waals surface area contributed by atoms with Gasteiger partial charge in [0, 0.05) is 35.7 Å². The Kier molecular flexibility index (Phi) is 4.48. The summed E-state index contributed by atoms with van der Waals surface area (Å²) in [6, 6.07) is 5.03. The van der Waals surface area contributed by atoms with E-state index in [1.54, 1.807) is 6.07 Å². The summed E-state index contributed by atoms with van der Waals surface area (Å²) in [4.78, 5) is 2.52. The summed E-state index contributed by atoms with van der Waals surface area (Å²) in [5, 5.41) is 0. The molecular formula is C14H19FN2S2. The number of thiocarbonyl (C=S) groups is 1. The Bertz CT molecular complexity index is 488. The molecule has 0 amide bonds. The van der Waals surface area contributed by atoms with E-state index in [9.17, 15) is 4.39 Å². The largest absolute Gasteiger partial charge is 0.389 e. The summed E-state index contributed by atoms with van der Waals surface area (Å²) in [6.07, 6.45) is 0. The van der Waals surface area contributed by atoms with Gasteiger partial charge in [-0.25, -0.2) is 4.39 Å². The monoisotopic (exact) mass is 298 g/mol. The molecular weight excluding hydrogens is 279 g/mol. The fourth-order valence-electron chi connectivity index (χ4n) is 2.37. The fraction of sp³-hybridized carbons (Fsp3) is 0.500. The Morgan fingerprint density at radius 3 is 2.89 bits per heavy atom. The predicted octanol–water partition coefficient (Wildman–Crippen LogP) is 2.79. The van der Waals surface area contributed by atoms with Gasteiger partial charge in [0.1, 0.15) is 10.8 Å². The Morgan fingerprint density at radius 2 is 2.26 bits per heavy atom. The Hall–Kier alpha value is -0.650. The maximum absolute atomic E-state index is 13.5. The lowest BCUT2D eigenvalue weighted by Crippen LogP contribution is -2.42. The molecule has 2 nitrogen and oxygen atoms in total. The van der Waals surface area contributed by atoms with Crippen LogP contribution in [-0.2, 0) is 6.54 Å². The molecule has 2 rings (SSSR count). The van der Waals surface area contributed by atoms with E-state index in [0.29, 0.717) is 5.56 Å². The number of thioether (sulfide) groups is 1. The third-order valence-corrected chi connectivity index (χ3v) is 4.72. The first-order valence-electron chi connectivity index (χ1n) is 6.32. The number of hydrogen-bond donors (Lipinski definition) is 1. The molecule has 1 aromatic rings. The smallest absolute Gasteiger partial charge is 0.133 e. The van der Waals surface area contributed by atoms with Crippen molar-refractivity contribution in [1.29, 1.82) is 0 Å². The maximum Gasteiger partial charge on any atom is 0.133 e. The number of rotatable bonds is 3. The molecule has 1 saturated heterocycles. The summed E-state index contributed by atoms with van der Waals surface area (Å²) >= 11 is 6.87. The van der Waals surface area contributed by atoms with Gasteiger partial charge < -0.3 is 5.73 Å². The van der Waals surface area contributed by atoms with Crippen molar-refractivity contribution >= 4 is 29.0 Å². The molecule has 1 aliphatic rings. The van der Waals surface area contributed by atoms with E-state index >= 15 is 0 Å². The number of hydrogen-bond acceptors (Lipinski definition) is 3. The lowest BCUT2D eigenvalue weighted by atomic mass is 10.1. The second-order valence-electron chi connectivity index (χ2n) is 5.50. The molecule has 0 saturated carbocycles. The van der Waals surface area contributed by atoms with Gasteiger partial charge in [-0.15, -0.1) is 0 Å². The zero-order chi connectivity index (χ0) is 14.0. The van der Waals surface area contributed by atoms with Crippen LogP contribution in [0.3, 0.4) is 0 Å². The minimum absolute atomic E-state index is 0.119. The molecule has 0 atom stereocenters. The van der Waals surface area contributed by atoms with Crippen molar-refractivity contribution in [3.63, 3.8) is 0 Å². The van der Waals surface area contributed by atoms with Crippen molar-refractivity contribution in [2.24, 2.45) is 5.73 Å². The normalized spacial score (nSPS) is 19.3. The van der Waals surface area contributed by atoms with Crippen LogP contribution in [0.25, 0.3) is 0 Å². The third-order valence-electron chi connectivity index (χ3n) is 3.21. The summed E-state index contributed by atoms with van der Waals surface area (Å²) in [5.41, 5.74) is 6.94. The first-order chi connectivity index (χ1) is 8.87. The first kappa shape index (κ1) is 14.8. The van der Waals surface area contributed by atoms with Crippen LogP contribution in [0.4, 0.5) is 4.39 Å². The van der Waals surface area contributed by atoms with Crippen molar-refractivity contribution in [2.75, 3.05) is 18.8 Å². The minimum Gasteiger partial charge on any atom is -0.389 e. The highest BCUT2D eigenvalue weighted by molar-refractivity contribution is 8.00. The van der Waals surface area contributed by atoms with Gasteiger partial charge in [0.15, 0.2) is 0 Å². The molecule has 19 heavy (non-hydrogen) atoms. The second-order valence-corrected chi connectivity index (χ2v) is 7.74. The Balaban J connectivity index is 2.11. The highest BCUT2D eigenvalue weighted by Gasteiger charge is 2.26. The molecule has 104 valence electrons. The van der Waals surface area contributed by atoms with Crippen LogP contribution < -0.4 is 5.73 Å². The summed E-state index contributed by atoms with van der Waals surface area (Å²) in [5.74, 6) is 0.793. The molecule has 1 heterocycles. The molecule has 0 radical (unpaired) electrons. The van der Waals surface area contributed by atoms with Crippen LogP contribution in [0.15, 0.2) is 18.2 Å². The van der Waals surface area contributed by atoms with E-state index in [4.69, 9.17) is 18.0 Å². The second kappa shape index (κ2) is 5.77. The summed E-state index contributed by atoms with van der Waals surface area (Å²) in [7, 11) is 0. The molecule has 0 aromatic heterocycles. The standard InChI is InChI=1S/C14H19FN2S2/c1-14(2)9-17(5-6-19-14)8-10-3-4-12(15)11(7-10)13(16)18/h3-4,7H,5-6,8-9H2,1-2H3,(H2,16,18). The van der Waals surface area contributed by atoms with Crippen molar-refractivity contribution < 1.29 is 4.39 Å². The fourth-order valence-corrected chi connectivity index (χ4v) is 3.70. The van der Waals surface area contributed by atoms with Crippen molar-refractivity contribution in [2.45, 2.75) is 25.1 Å². The van der Waals surface area contributed by atoms with Gasteiger partial charge in [0.2, 0.25) is 0 Å². The summed E-state index contributed by atoms with van der Waals surface area (Å²) < 4.78 is 13.8. The molecule has 1 fully saturated rings. The van der Waals surface area contributed by atoms with Crippen LogP contribution in [0.2, 0.25) is 0 Å². The van der Waals surface area contributed by atoms with E-state index in [2.05, 4.69) is 18.7 Å². The molecule has 5 heteroatoms. The number of halogens is 1. The number of benzene rings is 1. The van der Waals surface area contributed by atoms with Crippen LogP contribution in [-0.4, -0.2) is 33.5 Å². The van der Waals surface area contributed by atoms with Crippen LogP contribution >= 0.6 is 24.0 Å². The minimum atomic E-state index is -0.342. The predicted molar refractivity (Wildman–Crippen MR) is 84.1 cm³/mol. The lowest BCUT2D eigenvalue weighted by molar-refractivity contribution is 0.252. The van der Waals surface area contributed by atoms with E-state index in [1.807, 2.05) is 17.8 Å². The summed E-state index contributed by atoms with van der Waals surface area (Å²) in [6.45, 7) is 7.44. The number of nitrogens with zero attached hydrogens (tertiary/aromatic N) is 1. The highest BCUT2D eigenvalue weighted by atomic mass is 32.2. The average molecular weight is 298 g/mol. The Labute approximate surface area is 123 Å². The van der Waals surface area contributed by atoms with Gasteiger partial charge in [0.05, 0.1) is 0 Å². The van der Waals surface area contributed by atoms with E-state index < -0.39 is 0 Å². The molecule has 0 spiro atoms. The maximum atomic E-state index is 13.5. The molecule has 1 aliphatic heterocycles. The quantitative estimate of drug-likeness (QED) is 0.869. The number of nitrogens with two attached hydrogens (primary N) is 1.